The minimum absolute atomic E-state index is 0. The number of hydrogen-bond donors (Lipinski definition) is 2. The second-order valence-electron chi connectivity index (χ2n) is 10.9. The predicted molar refractivity (Wildman–Crippen MR) is 169 cm³/mol. The smallest absolute Gasteiger partial charge is 0.241 e. The first-order chi connectivity index (χ1) is 18.5. The van der Waals surface area contributed by atoms with Crippen LogP contribution in [0.2, 0.25) is 0 Å². The number of likely N-dealkylation sites (tertiary alicyclic amines) is 1. The van der Waals surface area contributed by atoms with Gasteiger partial charge in [0.1, 0.15) is 5.75 Å². The number of halogens is 2. The van der Waals surface area contributed by atoms with Crippen molar-refractivity contribution in [1.29, 1.82) is 0 Å². The quantitative estimate of drug-likeness (QED) is 0.299. The molecule has 1 atom stereocenters. The minimum Gasteiger partial charge on any atom is -0.497 e. The van der Waals surface area contributed by atoms with Crippen molar-refractivity contribution in [2.45, 2.75) is 43.4 Å². The van der Waals surface area contributed by atoms with E-state index in [1.165, 1.54) is 30.4 Å². The molecule has 0 saturated carbocycles. The van der Waals surface area contributed by atoms with Crippen molar-refractivity contribution in [1.82, 2.24) is 14.9 Å². The Balaban J connectivity index is 0.00000220. The molecule has 0 bridgehead atoms. The van der Waals surface area contributed by atoms with E-state index in [0.717, 1.165) is 68.5 Å². The first-order valence-corrected chi connectivity index (χ1v) is 15.6. The molecule has 9 heteroatoms. The van der Waals surface area contributed by atoms with Gasteiger partial charge in [-0.2, -0.15) is 0 Å². The van der Waals surface area contributed by atoms with Crippen molar-refractivity contribution in [3.05, 3.63) is 71.8 Å². The van der Waals surface area contributed by atoms with Crippen LogP contribution in [0, 0.1) is 11.8 Å². The number of sulfonamides is 1. The van der Waals surface area contributed by atoms with Crippen molar-refractivity contribution >= 4 is 45.6 Å². The van der Waals surface area contributed by atoms with Crippen LogP contribution in [-0.2, 0) is 22.9 Å². The Morgan fingerprint density at radius 1 is 0.900 bits per heavy atom. The number of fused-ring (bicyclic) bond motifs is 2. The van der Waals surface area contributed by atoms with E-state index in [1.807, 2.05) is 36.4 Å². The molecule has 3 aromatic carbocycles. The van der Waals surface area contributed by atoms with Gasteiger partial charge in [-0.25, -0.2) is 13.1 Å². The fraction of sp³-hybridized carbons (Fsp3) is 0.484. The SMILES string of the molecule is COc1ccc2c(c1)CC(CNCC1CCN(CCNS(=O)(=O)c3cccc4ccccc34)CC1)CCC2.Cl.Cl. The molecule has 0 amide bonds. The lowest BCUT2D eigenvalue weighted by molar-refractivity contribution is 0.184. The van der Waals surface area contributed by atoms with Crippen LogP contribution in [0.25, 0.3) is 10.8 Å². The van der Waals surface area contributed by atoms with E-state index < -0.39 is 10.0 Å². The molecule has 0 spiro atoms. The number of rotatable bonds is 10. The number of hydrogen-bond acceptors (Lipinski definition) is 5. The number of piperidine rings is 1. The van der Waals surface area contributed by atoms with Crippen molar-refractivity contribution < 1.29 is 13.2 Å². The first-order valence-electron chi connectivity index (χ1n) is 14.1. The summed E-state index contributed by atoms with van der Waals surface area (Å²) in [6.45, 7) is 5.38. The predicted octanol–water partition coefficient (Wildman–Crippen LogP) is 5.47. The minimum atomic E-state index is -3.54. The van der Waals surface area contributed by atoms with Crippen molar-refractivity contribution in [3.63, 3.8) is 0 Å². The van der Waals surface area contributed by atoms with Gasteiger partial charge in [0, 0.05) is 18.5 Å². The van der Waals surface area contributed by atoms with Gasteiger partial charge in [0.2, 0.25) is 10.0 Å². The highest BCUT2D eigenvalue weighted by molar-refractivity contribution is 7.89. The van der Waals surface area contributed by atoms with Crippen LogP contribution in [-0.4, -0.2) is 59.7 Å². The Morgan fingerprint density at radius 2 is 1.65 bits per heavy atom. The van der Waals surface area contributed by atoms with E-state index >= 15 is 0 Å². The van der Waals surface area contributed by atoms with Gasteiger partial charge < -0.3 is 15.0 Å². The van der Waals surface area contributed by atoms with Gasteiger partial charge >= 0.3 is 0 Å². The lowest BCUT2D eigenvalue weighted by Crippen LogP contribution is -2.41. The van der Waals surface area contributed by atoms with Crippen LogP contribution in [0.1, 0.15) is 36.8 Å². The lowest BCUT2D eigenvalue weighted by atomic mass is 9.94. The summed E-state index contributed by atoms with van der Waals surface area (Å²) in [5, 5.41) is 5.49. The van der Waals surface area contributed by atoms with Crippen LogP contribution in [0.5, 0.6) is 5.75 Å². The summed E-state index contributed by atoms with van der Waals surface area (Å²) in [4.78, 5) is 2.74. The molecular weight excluding hydrogens is 565 g/mol. The molecule has 1 unspecified atom stereocenters. The molecule has 1 aliphatic heterocycles. The van der Waals surface area contributed by atoms with Gasteiger partial charge in [-0.3, -0.25) is 0 Å². The molecule has 5 rings (SSSR count). The molecule has 0 aromatic heterocycles. The van der Waals surface area contributed by atoms with E-state index in [4.69, 9.17) is 4.74 Å². The van der Waals surface area contributed by atoms with Crippen molar-refractivity contribution in [3.8, 4) is 5.75 Å². The highest BCUT2D eigenvalue weighted by atomic mass is 35.5. The highest BCUT2D eigenvalue weighted by Gasteiger charge is 2.22. The molecule has 40 heavy (non-hydrogen) atoms. The third-order valence-corrected chi connectivity index (χ3v) is 9.83. The van der Waals surface area contributed by atoms with Gasteiger partial charge in [-0.05, 0) is 111 Å². The zero-order chi connectivity index (χ0) is 26.4. The largest absolute Gasteiger partial charge is 0.497 e. The summed E-state index contributed by atoms with van der Waals surface area (Å²) in [6.07, 6.45) is 7.16. The standard InChI is InChI=1S/C31H41N3O3S.2ClH/c1-37-29-13-12-26-8-4-6-25(20-28(26)21-29)23-32-22-24-14-17-34(18-15-24)19-16-33-38(35,36)31-11-5-9-27-7-2-3-10-30(27)31;;/h2-3,5,7,9-13,21,24-25,32-33H,4,6,8,14-20,22-23H2,1H3;2*1H. The van der Waals surface area contributed by atoms with Crippen LogP contribution in [0.15, 0.2) is 65.6 Å². The summed E-state index contributed by atoms with van der Waals surface area (Å²) >= 11 is 0. The molecule has 1 aliphatic carbocycles. The van der Waals surface area contributed by atoms with Gasteiger partial charge in [-0.1, -0.05) is 42.5 Å². The number of benzene rings is 3. The normalized spacial score (nSPS) is 18.3. The Labute approximate surface area is 252 Å². The highest BCUT2D eigenvalue weighted by Crippen LogP contribution is 2.28. The third kappa shape index (κ3) is 8.34. The van der Waals surface area contributed by atoms with Crippen LogP contribution < -0.4 is 14.8 Å². The Bertz CT molecular complexity index is 1330. The first kappa shape index (κ1) is 32.6. The molecule has 1 saturated heterocycles. The van der Waals surface area contributed by atoms with Crippen molar-refractivity contribution in [2.75, 3.05) is 46.4 Å². The summed E-state index contributed by atoms with van der Waals surface area (Å²) in [6, 6.07) is 19.6. The van der Waals surface area contributed by atoms with Crippen molar-refractivity contribution in [2.24, 2.45) is 11.8 Å². The topological polar surface area (TPSA) is 70.7 Å². The number of methoxy groups -OCH3 is 1. The van der Waals surface area contributed by atoms with Gasteiger partial charge in [0.15, 0.2) is 0 Å². The van der Waals surface area contributed by atoms with Crippen LogP contribution in [0.3, 0.4) is 0 Å². The number of nitrogens with zero attached hydrogens (tertiary/aromatic N) is 1. The van der Waals surface area contributed by atoms with Gasteiger partial charge in [-0.15, -0.1) is 24.8 Å². The fourth-order valence-electron chi connectivity index (χ4n) is 6.08. The van der Waals surface area contributed by atoms with E-state index in [2.05, 4.69) is 33.1 Å². The molecule has 2 N–H and O–H groups in total. The maximum atomic E-state index is 13.0. The maximum absolute atomic E-state index is 13.0. The van der Waals surface area contributed by atoms with E-state index in [1.54, 1.807) is 13.2 Å². The number of aryl methyl sites for hydroxylation is 1. The Kier molecular flexibility index (Phi) is 12.6. The molecule has 0 radical (unpaired) electrons. The average molecular weight is 609 g/mol. The number of ether oxygens (including phenoxy) is 1. The average Bonchev–Trinajstić information content (AvgIpc) is 3.14. The third-order valence-electron chi connectivity index (χ3n) is 8.31. The Morgan fingerprint density at radius 3 is 2.45 bits per heavy atom. The van der Waals surface area contributed by atoms with Gasteiger partial charge in [0.25, 0.3) is 0 Å². The van der Waals surface area contributed by atoms with E-state index in [-0.39, 0.29) is 24.8 Å². The molecule has 220 valence electrons. The van der Waals surface area contributed by atoms with Crippen LogP contribution in [0.4, 0.5) is 0 Å². The molecule has 3 aromatic rings. The Hall–Kier alpha value is -1.87. The lowest BCUT2D eigenvalue weighted by Gasteiger charge is -2.32. The van der Waals surface area contributed by atoms with E-state index in [9.17, 15) is 8.42 Å². The van der Waals surface area contributed by atoms with Crippen LogP contribution >= 0.6 is 24.8 Å². The molecule has 2 aliphatic rings. The zero-order valence-corrected chi connectivity index (χ0v) is 25.8. The summed E-state index contributed by atoms with van der Waals surface area (Å²) in [5.41, 5.74) is 2.94. The summed E-state index contributed by atoms with van der Waals surface area (Å²) < 4.78 is 34.2. The molecule has 6 nitrogen and oxygen atoms in total. The van der Waals surface area contributed by atoms with E-state index in [0.29, 0.717) is 23.3 Å². The molecule has 1 heterocycles. The monoisotopic (exact) mass is 607 g/mol. The molecular formula is C31H43Cl2N3O3S. The second kappa shape index (κ2) is 15.4. The molecule has 1 fully saturated rings. The van der Waals surface area contributed by atoms with Gasteiger partial charge in [0.05, 0.1) is 12.0 Å². The zero-order valence-electron chi connectivity index (χ0n) is 23.3. The maximum Gasteiger partial charge on any atom is 0.241 e. The fourth-order valence-corrected chi connectivity index (χ4v) is 7.33. The summed E-state index contributed by atoms with van der Waals surface area (Å²) in [5.74, 6) is 2.33. The number of nitrogens with one attached hydrogen (secondary N) is 2. The summed E-state index contributed by atoms with van der Waals surface area (Å²) in [7, 11) is -1.80. The second-order valence-corrected chi connectivity index (χ2v) is 12.7.